The number of hydrogen-bond acceptors (Lipinski definition) is 12. The summed E-state index contributed by atoms with van der Waals surface area (Å²) in [6, 6.07) is 0. The molecule has 17 heteroatoms. The van der Waals surface area contributed by atoms with Crippen molar-refractivity contribution in [3.05, 3.63) is 0 Å². The van der Waals surface area contributed by atoms with Crippen LogP contribution in [0.4, 0.5) is 0 Å². The van der Waals surface area contributed by atoms with Crippen LogP contribution in [0.2, 0.25) is 0 Å². The van der Waals surface area contributed by atoms with Gasteiger partial charge in [0.1, 0.15) is 0 Å². The molecular formula is I4O12Si. The van der Waals surface area contributed by atoms with Crippen molar-refractivity contribution in [3.8, 4) is 0 Å². The van der Waals surface area contributed by atoms with Gasteiger partial charge in [-0.3, -0.25) is 0 Å². The molecular weight excluding hydrogens is 728 g/mol. The molecule has 0 atom stereocenters. The first-order valence-electron chi connectivity index (χ1n) is 1.85. The third-order valence-corrected chi connectivity index (χ3v) is 0. The van der Waals surface area contributed by atoms with Crippen LogP contribution in [0, 0.1) is 0 Å². The van der Waals surface area contributed by atoms with Crippen LogP contribution >= 0.6 is 0 Å². The Morgan fingerprint density at radius 3 is 0.294 bits per heavy atom. The van der Waals surface area contributed by atoms with Crippen LogP contribution in [0.5, 0.6) is 0 Å². The maximum atomic E-state index is 8.57. The van der Waals surface area contributed by atoms with E-state index >= 15 is 0 Å². The monoisotopic (exact) mass is 728 g/mol. The molecule has 0 amide bonds. The summed E-state index contributed by atoms with van der Waals surface area (Å²) >= 11 is -16.1. The Balaban J connectivity index is -0.0000000369. The normalized spacial score (nSPS) is 8.47. The van der Waals surface area contributed by atoms with Crippen LogP contribution in [0.15, 0.2) is 0 Å². The van der Waals surface area contributed by atoms with Gasteiger partial charge in [0, 0.05) is 0 Å². The minimum atomic E-state index is -4.01. The Kier molecular flexibility index (Phi) is 50.7. The Morgan fingerprint density at radius 2 is 0.294 bits per heavy atom. The molecule has 104 valence electrons. The first-order valence-corrected chi connectivity index (χ1v) is 12.4. The molecule has 0 aliphatic rings. The van der Waals surface area contributed by atoms with E-state index in [0.29, 0.717) is 0 Å². The van der Waals surface area contributed by atoms with Gasteiger partial charge in [-0.25, -0.2) is 0 Å². The maximum absolute atomic E-state index is 8.57. The van der Waals surface area contributed by atoms with Crippen LogP contribution in [-0.2, 0) is 0 Å². The van der Waals surface area contributed by atoms with E-state index in [-0.39, 0.29) is 11.0 Å². The van der Waals surface area contributed by atoms with Crippen LogP contribution in [0.3, 0.4) is 0 Å². The van der Waals surface area contributed by atoms with Crippen LogP contribution in [0.25, 0.3) is 0 Å². The zero-order valence-electron chi connectivity index (χ0n) is 6.91. The summed E-state index contributed by atoms with van der Waals surface area (Å²) in [5.41, 5.74) is 0. The molecule has 0 fully saturated rings. The van der Waals surface area contributed by atoms with Gasteiger partial charge in [-0.1, -0.05) is 0 Å². The molecule has 0 aromatic heterocycles. The number of rotatable bonds is 0. The molecule has 0 bridgehead atoms. The quantitative estimate of drug-likeness (QED) is 0.166. The zero-order chi connectivity index (χ0) is 14.3. The predicted octanol–water partition coefficient (Wildman–Crippen LogP) is -26.6. The molecule has 0 rings (SSSR count). The predicted molar refractivity (Wildman–Crippen MR) is 5.75 cm³/mol. The standard InChI is InChI=1S/4IO3.Si/c4*2-1(3)4;/q4*-1;+4. The van der Waals surface area contributed by atoms with Crippen molar-refractivity contribution in [1.29, 1.82) is 0 Å². The summed E-state index contributed by atoms with van der Waals surface area (Å²) in [6.45, 7) is 0. The zero-order valence-corrected chi connectivity index (χ0v) is 16.5. The summed E-state index contributed by atoms with van der Waals surface area (Å²) < 4.78 is 103. The Labute approximate surface area is 134 Å². The van der Waals surface area contributed by atoms with Crippen molar-refractivity contribution in [2.75, 3.05) is 0 Å². The van der Waals surface area contributed by atoms with Gasteiger partial charge in [0.15, 0.2) is 0 Å². The number of halogens is 4. The van der Waals surface area contributed by atoms with Gasteiger partial charge in [0.2, 0.25) is 0 Å². The fourth-order valence-electron chi connectivity index (χ4n) is 0. The smallest absolute Gasteiger partial charge is 0.427 e. The van der Waals surface area contributed by atoms with Gasteiger partial charge in [-0.2, -0.15) is 0 Å². The van der Waals surface area contributed by atoms with E-state index in [9.17, 15) is 0 Å². The van der Waals surface area contributed by atoms with E-state index in [0.717, 1.165) is 0 Å². The van der Waals surface area contributed by atoms with E-state index in [1.807, 2.05) is 0 Å². The summed E-state index contributed by atoms with van der Waals surface area (Å²) in [6.07, 6.45) is 0. The van der Waals surface area contributed by atoms with Gasteiger partial charge >= 0.3 is 11.0 Å². The Bertz CT molecular complexity index is 61.5. The molecule has 17 heavy (non-hydrogen) atoms. The number of hydrogen-bond donors (Lipinski definition) is 0. The first-order chi connectivity index (χ1) is 6.93. The molecule has 0 saturated heterocycles. The third kappa shape index (κ3) is 733. The van der Waals surface area contributed by atoms with E-state index in [1.54, 1.807) is 0 Å². The summed E-state index contributed by atoms with van der Waals surface area (Å²) in [7, 11) is 0. The van der Waals surface area contributed by atoms with Gasteiger partial charge in [-0.05, 0) is 0 Å². The average Bonchev–Trinajstić information content (AvgIpc) is 1.76. The molecule has 12 nitrogen and oxygen atoms in total. The molecule has 0 heterocycles. The van der Waals surface area contributed by atoms with Crippen molar-refractivity contribution >= 4 is 11.0 Å². The van der Waals surface area contributed by atoms with Crippen molar-refractivity contribution in [3.63, 3.8) is 0 Å². The van der Waals surface area contributed by atoms with Crippen molar-refractivity contribution in [2.45, 2.75) is 0 Å². The molecule has 0 aromatic rings. The molecule has 0 spiro atoms. The van der Waals surface area contributed by atoms with E-state index in [2.05, 4.69) is 0 Å². The molecule has 0 saturated carbocycles. The van der Waals surface area contributed by atoms with Gasteiger partial charge in [-0.15, -0.1) is 0 Å². The molecule has 0 aromatic carbocycles. The molecule has 0 unspecified atom stereocenters. The van der Waals surface area contributed by atoms with Crippen molar-refractivity contribution < 1.29 is 125 Å². The fourth-order valence-corrected chi connectivity index (χ4v) is 0. The second kappa shape index (κ2) is 27.1. The molecule has 0 N–H and O–H groups in total. The average molecular weight is 728 g/mol. The molecule has 0 aliphatic carbocycles. The molecule has 0 radical (unpaired) electrons. The second-order valence-corrected chi connectivity index (χ2v) is 5.07. The van der Waals surface area contributed by atoms with Gasteiger partial charge in [0.05, 0.1) is 0 Å². The van der Waals surface area contributed by atoms with Crippen LogP contribution in [-0.4, -0.2) is 11.0 Å². The Morgan fingerprint density at radius 1 is 0.294 bits per heavy atom. The summed E-state index contributed by atoms with van der Waals surface area (Å²) in [4.78, 5) is 0. The van der Waals surface area contributed by atoms with E-state index < -0.39 is 84.3 Å². The SMILES string of the molecule is [O-][I+2]([O-])[O-].[O-][I+2]([O-])[O-].[O-][I+2]([O-])[O-].[O-][I+2]([O-])[O-].[Si+4]. The van der Waals surface area contributed by atoms with Crippen LogP contribution < -0.4 is 125 Å². The fraction of sp³-hybridized carbons (Fsp3) is 0. The molecule has 0 aliphatic heterocycles. The van der Waals surface area contributed by atoms with Gasteiger partial charge < -0.3 is 41.2 Å². The maximum Gasteiger partial charge on any atom is 4.00 e. The Hall–Kier alpha value is 2.66. The van der Waals surface area contributed by atoms with E-state index in [4.69, 9.17) is 41.2 Å². The van der Waals surface area contributed by atoms with Crippen LogP contribution in [0.1, 0.15) is 0 Å². The third-order valence-electron chi connectivity index (χ3n) is 0. The second-order valence-electron chi connectivity index (χ2n) is 0.756. The van der Waals surface area contributed by atoms with Crippen molar-refractivity contribution in [2.24, 2.45) is 0 Å². The topological polar surface area (TPSA) is 277 Å². The minimum absolute atomic E-state index is 0. The van der Waals surface area contributed by atoms with Gasteiger partial charge in [0.25, 0.3) is 84.3 Å². The van der Waals surface area contributed by atoms with E-state index in [1.165, 1.54) is 0 Å². The first kappa shape index (κ1) is 31.9. The summed E-state index contributed by atoms with van der Waals surface area (Å²) in [5, 5.41) is 0. The summed E-state index contributed by atoms with van der Waals surface area (Å²) in [5.74, 6) is 0. The largest absolute Gasteiger partial charge is 4.00 e. The van der Waals surface area contributed by atoms with Crippen molar-refractivity contribution in [1.82, 2.24) is 0 Å². The minimum Gasteiger partial charge on any atom is -0.427 e.